The van der Waals surface area contributed by atoms with Crippen molar-refractivity contribution < 1.29 is 9.90 Å². The fourth-order valence-electron chi connectivity index (χ4n) is 2.12. The van der Waals surface area contributed by atoms with E-state index in [1.165, 1.54) is 4.90 Å². The molecule has 1 N–H and O–H groups in total. The van der Waals surface area contributed by atoms with E-state index in [-0.39, 0.29) is 6.04 Å². The summed E-state index contributed by atoms with van der Waals surface area (Å²) in [6.45, 7) is 6.21. The van der Waals surface area contributed by atoms with Crippen LogP contribution in [0.3, 0.4) is 0 Å². The Morgan fingerprint density at radius 1 is 1.50 bits per heavy atom. The minimum absolute atomic E-state index is 0.358. The molecule has 3 nitrogen and oxygen atoms in total. The van der Waals surface area contributed by atoms with Crippen LogP contribution in [0.4, 0.5) is 4.79 Å². The van der Waals surface area contributed by atoms with Crippen molar-refractivity contribution in [3.05, 3.63) is 54.1 Å². The fraction of sp³-hybridized carbons (Fsp3) is 0.312. The number of rotatable bonds is 7. The van der Waals surface area contributed by atoms with Gasteiger partial charge >= 0.3 is 6.09 Å². The quantitative estimate of drug-likeness (QED) is 0.591. The minimum atomic E-state index is -0.937. The van der Waals surface area contributed by atoms with Crippen molar-refractivity contribution in [3.63, 3.8) is 0 Å². The zero-order chi connectivity index (χ0) is 15.0. The topological polar surface area (TPSA) is 40.5 Å². The molecule has 0 bridgehead atoms. The third-order valence-electron chi connectivity index (χ3n) is 2.97. The van der Waals surface area contributed by atoms with Gasteiger partial charge in [-0.3, -0.25) is 4.90 Å². The van der Waals surface area contributed by atoms with Crippen LogP contribution in [0.25, 0.3) is 6.08 Å². The van der Waals surface area contributed by atoms with E-state index in [9.17, 15) is 9.90 Å². The summed E-state index contributed by atoms with van der Waals surface area (Å²) in [6.07, 6.45) is 5.23. The van der Waals surface area contributed by atoms with Gasteiger partial charge in [0.05, 0.1) is 6.04 Å². The van der Waals surface area contributed by atoms with Crippen LogP contribution in [0, 0.1) is 0 Å². The third-order valence-corrected chi connectivity index (χ3v) is 3.15. The van der Waals surface area contributed by atoms with Crippen LogP contribution in [0.1, 0.15) is 30.5 Å². The predicted molar refractivity (Wildman–Crippen MR) is 84.2 cm³/mol. The van der Waals surface area contributed by atoms with Crippen LogP contribution in [-0.4, -0.2) is 28.5 Å². The van der Waals surface area contributed by atoms with Gasteiger partial charge in [-0.1, -0.05) is 49.4 Å². The number of nitrogens with zero attached hydrogens (tertiary/aromatic N) is 1. The second-order valence-electron chi connectivity index (χ2n) is 4.34. The third kappa shape index (κ3) is 4.14. The lowest BCUT2D eigenvalue weighted by atomic mass is 9.98. The van der Waals surface area contributed by atoms with Crippen molar-refractivity contribution in [1.82, 2.24) is 4.90 Å². The van der Waals surface area contributed by atoms with Gasteiger partial charge in [0.1, 0.15) is 0 Å². The Bertz CT molecular complexity index is 485. The molecule has 0 aliphatic heterocycles. The Kier molecular flexibility index (Phi) is 6.88. The molecule has 0 fully saturated rings. The normalized spacial score (nSPS) is 12.3. The van der Waals surface area contributed by atoms with Crippen LogP contribution in [0.5, 0.6) is 0 Å². The first-order valence-corrected chi connectivity index (χ1v) is 7.12. The molecule has 1 aromatic rings. The van der Waals surface area contributed by atoms with Crippen LogP contribution in [-0.2, 0) is 0 Å². The number of amides is 1. The van der Waals surface area contributed by atoms with Crippen LogP contribution in [0.15, 0.2) is 43.0 Å². The van der Waals surface area contributed by atoms with E-state index in [1.54, 1.807) is 6.08 Å². The number of alkyl halides is 1. The Hall–Kier alpha value is -1.74. The summed E-state index contributed by atoms with van der Waals surface area (Å²) in [5.74, 6) is 0.421. The first-order chi connectivity index (χ1) is 9.65. The first kappa shape index (κ1) is 16.3. The highest BCUT2D eigenvalue weighted by Crippen LogP contribution is 2.26. The molecule has 0 aromatic heterocycles. The van der Waals surface area contributed by atoms with E-state index in [0.29, 0.717) is 12.4 Å². The van der Waals surface area contributed by atoms with Gasteiger partial charge in [0, 0.05) is 12.4 Å². The molecule has 0 aliphatic carbocycles. The van der Waals surface area contributed by atoms with Gasteiger partial charge in [0.2, 0.25) is 0 Å². The molecule has 0 saturated heterocycles. The summed E-state index contributed by atoms with van der Waals surface area (Å²) in [4.78, 5) is 12.8. The molecule has 1 aromatic carbocycles. The monoisotopic (exact) mass is 293 g/mol. The SMILES string of the molecule is C=C[C@H](c1ccccc1/C=C/CCl)N(CCC)C(=O)O. The van der Waals surface area contributed by atoms with E-state index >= 15 is 0 Å². The van der Waals surface area contributed by atoms with E-state index in [2.05, 4.69) is 6.58 Å². The molecule has 0 saturated carbocycles. The standard InChI is InChI=1S/C16H20ClNO2/c1-3-12-18(16(19)20)15(4-2)14-10-6-5-8-13(14)9-7-11-17/h4-10,15H,2-3,11-12H2,1H3,(H,19,20)/b9-7+/t15-/m1/s1. The molecule has 108 valence electrons. The summed E-state index contributed by atoms with van der Waals surface area (Å²) < 4.78 is 0. The molecule has 4 heteroatoms. The number of hydrogen-bond donors (Lipinski definition) is 1. The number of hydrogen-bond acceptors (Lipinski definition) is 1. The Morgan fingerprint density at radius 3 is 2.75 bits per heavy atom. The highest BCUT2D eigenvalue weighted by atomic mass is 35.5. The van der Waals surface area contributed by atoms with Crippen molar-refractivity contribution in [3.8, 4) is 0 Å². The molecule has 0 aliphatic rings. The van der Waals surface area contributed by atoms with Crippen LogP contribution >= 0.6 is 11.6 Å². The Labute approximate surface area is 125 Å². The molecule has 0 heterocycles. The molecule has 1 rings (SSSR count). The van der Waals surface area contributed by atoms with Crippen LogP contribution < -0.4 is 0 Å². The second kappa shape index (κ2) is 8.43. The van der Waals surface area contributed by atoms with Gasteiger partial charge in [0.25, 0.3) is 0 Å². The average Bonchev–Trinajstić information content (AvgIpc) is 2.45. The molecule has 1 atom stereocenters. The van der Waals surface area contributed by atoms with Crippen molar-refractivity contribution in [2.24, 2.45) is 0 Å². The fourth-order valence-corrected chi connectivity index (χ4v) is 2.21. The van der Waals surface area contributed by atoms with Crippen molar-refractivity contribution >= 4 is 23.8 Å². The highest BCUT2D eigenvalue weighted by molar-refractivity contribution is 6.19. The first-order valence-electron chi connectivity index (χ1n) is 6.59. The number of allylic oxidation sites excluding steroid dienone is 1. The summed E-state index contributed by atoms with van der Waals surface area (Å²) >= 11 is 5.67. The molecular formula is C16H20ClNO2. The molecule has 0 radical (unpaired) electrons. The summed E-state index contributed by atoms with van der Waals surface area (Å²) in [7, 11) is 0. The Balaban J connectivity index is 3.20. The number of carboxylic acid groups (broad SMARTS) is 1. The Morgan fingerprint density at radius 2 is 2.20 bits per heavy atom. The van der Waals surface area contributed by atoms with Crippen LogP contribution in [0.2, 0.25) is 0 Å². The lowest BCUT2D eigenvalue weighted by Gasteiger charge is -2.28. The summed E-state index contributed by atoms with van der Waals surface area (Å²) in [5.41, 5.74) is 1.88. The van der Waals surface area contributed by atoms with Gasteiger partial charge < -0.3 is 5.11 Å². The number of halogens is 1. The molecule has 1 amide bonds. The van der Waals surface area contributed by atoms with Gasteiger partial charge in [-0.15, -0.1) is 18.2 Å². The maximum absolute atomic E-state index is 11.4. The summed E-state index contributed by atoms with van der Waals surface area (Å²) in [6, 6.07) is 7.33. The number of carbonyl (C=O) groups is 1. The molecule has 0 unspecified atom stereocenters. The maximum atomic E-state index is 11.4. The summed E-state index contributed by atoms with van der Waals surface area (Å²) in [5, 5.41) is 9.37. The van der Waals surface area contributed by atoms with Gasteiger partial charge in [-0.05, 0) is 17.5 Å². The molecular weight excluding hydrogens is 274 g/mol. The van der Waals surface area contributed by atoms with Gasteiger partial charge in [-0.25, -0.2) is 4.79 Å². The van der Waals surface area contributed by atoms with Gasteiger partial charge in [-0.2, -0.15) is 0 Å². The minimum Gasteiger partial charge on any atom is -0.465 e. The molecule has 20 heavy (non-hydrogen) atoms. The average molecular weight is 294 g/mol. The zero-order valence-corrected chi connectivity index (χ0v) is 12.4. The van der Waals surface area contributed by atoms with Crippen molar-refractivity contribution in [1.29, 1.82) is 0 Å². The highest BCUT2D eigenvalue weighted by Gasteiger charge is 2.22. The largest absolute Gasteiger partial charge is 0.465 e. The van der Waals surface area contributed by atoms with E-state index < -0.39 is 6.09 Å². The smallest absolute Gasteiger partial charge is 0.408 e. The lowest BCUT2D eigenvalue weighted by molar-refractivity contribution is 0.134. The molecule has 0 spiro atoms. The predicted octanol–water partition coefficient (Wildman–Crippen LogP) is 4.56. The van der Waals surface area contributed by atoms with E-state index in [0.717, 1.165) is 17.5 Å². The zero-order valence-electron chi connectivity index (χ0n) is 11.6. The van der Waals surface area contributed by atoms with E-state index in [1.807, 2.05) is 43.3 Å². The maximum Gasteiger partial charge on any atom is 0.408 e. The number of benzene rings is 1. The van der Waals surface area contributed by atoms with E-state index in [4.69, 9.17) is 11.6 Å². The lowest BCUT2D eigenvalue weighted by Crippen LogP contribution is -2.33. The van der Waals surface area contributed by atoms with Gasteiger partial charge in [0.15, 0.2) is 0 Å². The van der Waals surface area contributed by atoms with Crippen molar-refractivity contribution in [2.75, 3.05) is 12.4 Å². The van der Waals surface area contributed by atoms with Crippen molar-refractivity contribution in [2.45, 2.75) is 19.4 Å². The second-order valence-corrected chi connectivity index (χ2v) is 4.65.